The number of aromatic nitrogens is 2. The van der Waals surface area contributed by atoms with Gasteiger partial charge in [0.05, 0.1) is 18.8 Å². The fourth-order valence-electron chi connectivity index (χ4n) is 3.46. The van der Waals surface area contributed by atoms with Crippen molar-refractivity contribution in [2.24, 2.45) is 0 Å². The molecule has 0 radical (unpaired) electrons. The molecule has 2 unspecified atom stereocenters. The van der Waals surface area contributed by atoms with E-state index in [-0.39, 0.29) is 12.6 Å². The van der Waals surface area contributed by atoms with Crippen molar-refractivity contribution in [3.63, 3.8) is 0 Å². The number of β-amino-alcohol motifs (C(OH)–C–C–N with tert-alkyl or cyclic N) is 1. The Morgan fingerprint density at radius 3 is 2.57 bits per heavy atom. The maximum absolute atomic E-state index is 9.84. The molecule has 2 aliphatic heterocycles. The van der Waals surface area contributed by atoms with Crippen LogP contribution in [-0.4, -0.2) is 45.5 Å². The van der Waals surface area contributed by atoms with E-state index in [0.29, 0.717) is 18.9 Å². The number of aliphatic hydroxyl groups is 2. The van der Waals surface area contributed by atoms with Crippen molar-refractivity contribution in [2.45, 2.75) is 31.7 Å². The van der Waals surface area contributed by atoms with Gasteiger partial charge < -0.3 is 20.0 Å². The highest BCUT2D eigenvalue weighted by Gasteiger charge is 2.32. The average Bonchev–Trinajstić information content (AvgIpc) is 3.18. The largest absolute Gasteiger partial charge is 0.394 e. The second kappa shape index (κ2) is 5.79. The van der Waals surface area contributed by atoms with Crippen LogP contribution in [0, 0.1) is 0 Å². The van der Waals surface area contributed by atoms with Gasteiger partial charge in [-0.1, -0.05) is 24.3 Å². The predicted octanol–water partition coefficient (Wildman–Crippen LogP) is 0.929. The Kier molecular flexibility index (Phi) is 3.63. The summed E-state index contributed by atoms with van der Waals surface area (Å²) in [6.07, 6.45) is 1.87. The molecule has 0 saturated carbocycles. The van der Waals surface area contributed by atoms with Gasteiger partial charge in [0.2, 0.25) is 5.95 Å². The molecule has 0 amide bonds. The lowest BCUT2D eigenvalue weighted by Gasteiger charge is -2.24. The van der Waals surface area contributed by atoms with Crippen molar-refractivity contribution in [3.8, 4) is 0 Å². The summed E-state index contributed by atoms with van der Waals surface area (Å²) in [6, 6.07) is 10.2. The van der Waals surface area contributed by atoms with E-state index in [2.05, 4.69) is 39.1 Å². The minimum atomic E-state index is -0.435. The maximum Gasteiger partial charge on any atom is 0.227 e. The normalized spacial score (nSPS) is 23.4. The molecule has 6 nitrogen and oxygen atoms in total. The van der Waals surface area contributed by atoms with Crippen molar-refractivity contribution in [3.05, 3.63) is 47.7 Å². The molecular weight excluding hydrogens is 292 g/mol. The Bertz CT molecular complexity index is 683. The lowest BCUT2D eigenvalue weighted by molar-refractivity contribution is 0.184. The van der Waals surface area contributed by atoms with Gasteiger partial charge in [-0.25, -0.2) is 4.98 Å². The smallest absolute Gasteiger partial charge is 0.227 e. The summed E-state index contributed by atoms with van der Waals surface area (Å²) in [6.45, 7) is 2.16. The lowest BCUT2D eigenvalue weighted by Crippen LogP contribution is -2.34. The van der Waals surface area contributed by atoms with Crippen molar-refractivity contribution >= 4 is 11.8 Å². The minimum absolute atomic E-state index is 0.000195. The fourth-order valence-corrected chi connectivity index (χ4v) is 3.46. The summed E-state index contributed by atoms with van der Waals surface area (Å²) < 4.78 is 0. The van der Waals surface area contributed by atoms with Gasteiger partial charge in [0.25, 0.3) is 0 Å². The lowest BCUT2D eigenvalue weighted by atomic mass is 10.1. The molecule has 2 N–H and O–H groups in total. The molecule has 6 heteroatoms. The maximum atomic E-state index is 9.84. The first-order chi connectivity index (χ1) is 11.2. The highest BCUT2D eigenvalue weighted by Crippen LogP contribution is 2.29. The van der Waals surface area contributed by atoms with Crippen molar-refractivity contribution in [1.29, 1.82) is 0 Å². The van der Waals surface area contributed by atoms with Gasteiger partial charge in [0, 0.05) is 25.8 Å². The fraction of sp³-hybridized carbons (Fsp3) is 0.412. The van der Waals surface area contributed by atoms with Crippen molar-refractivity contribution < 1.29 is 10.2 Å². The van der Waals surface area contributed by atoms with Gasteiger partial charge in [0.15, 0.2) is 0 Å². The van der Waals surface area contributed by atoms with E-state index in [0.717, 1.165) is 18.9 Å². The van der Waals surface area contributed by atoms with E-state index in [1.54, 1.807) is 6.20 Å². The number of nitrogens with zero attached hydrogens (tertiary/aromatic N) is 4. The zero-order valence-corrected chi connectivity index (χ0v) is 12.8. The molecule has 1 aromatic heterocycles. The molecule has 2 aliphatic rings. The van der Waals surface area contributed by atoms with Crippen LogP contribution >= 0.6 is 0 Å². The summed E-state index contributed by atoms with van der Waals surface area (Å²) in [5.74, 6) is 1.46. The summed E-state index contributed by atoms with van der Waals surface area (Å²) in [5, 5.41) is 19.3. The van der Waals surface area contributed by atoms with Crippen LogP contribution in [0.15, 0.2) is 36.5 Å². The van der Waals surface area contributed by atoms with Crippen LogP contribution < -0.4 is 9.80 Å². The summed E-state index contributed by atoms with van der Waals surface area (Å²) in [5.41, 5.74) is 2.66. The second-order valence-electron chi connectivity index (χ2n) is 6.22. The molecule has 1 aromatic carbocycles. The van der Waals surface area contributed by atoms with Crippen LogP contribution in [0.4, 0.5) is 11.8 Å². The van der Waals surface area contributed by atoms with Crippen molar-refractivity contribution in [1.82, 2.24) is 9.97 Å². The van der Waals surface area contributed by atoms with Gasteiger partial charge in [0.1, 0.15) is 5.82 Å². The number of hydrogen-bond acceptors (Lipinski definition) is 6. The third-order valence-corrected chi connectivity index (χ3v) is 4.65. The third-order valence-electron chi connectivity index (χ3n) is 4.65. The topological polar surface area (TPSA) is 72.7 Å². The molecule has 0 bridgehead atoms. The molecule has 0 spiro atoms. The van der Waals surface area contributed by atoms with Crippen LogP contribution in [0.25, 0.3) is 0 Å². The van der Waals surface area contributed by atoms with Crippen LogP contribution in [0.1, 0.15) is 17.5 Å². The van der Waals surface area contributed by atoms with E-state index >= 15 is 0 Å². The SMILES string of the molecule is OCC1CC(O)CN1c1nccc(N2Cc3ccccc3C2)n1. The molecule has 1 fully saturated rings. The second-order valence-corrected chi connectivity index (χ2v) is 6.22. The van der Waals surface area contributed by atoms with E-state index < -0.39 is 6.10 Å². The molecular formula is C17H20N4O2. The zero-order valence-electron chi connectivity index (χ0n) is 12.8. The Labute approximate surface area is 135 Å². The van der Waals surface area contributed by atoms with E-state index in [1.165, 1.54) is 11.1 Å². The quantitative estimate of drug-likeness (QED) is 0.878. The monoisotopic (exact) mass is 312 g/mol. The van der Waals surface area contributed by atoms with Crippen LogP contribution in [0.2, 0.25) is 0 Å². The molecule has 1 saturated heterocycles. The molecule has 120 valence electrons. The highest BCUT2D eigenvalue weighted by molar-refractivity contribution is 5.50. The zero-order chi connectivity index (χ0) is 15.8. The Balaban J connectivity index is 1.58. The van der Waals surface area contributed by atoms with E-state index in [4.69, 9.17) is 0 Å². The molecule has 3 heterocycles. The Morgan fingerprint density at radius 2 is 1.87 bits per heavy atom. The van der Waals surface area contributed by atoms with Gasteiger partial charge in [-0.2, -0.15) is 4.98 Å². The van der Waals surface area contributed by atoms with Crippen molar-refractivity contribution in [2.75, 3.05) is 23.0 Å². The average molecular weight is 312 g/mol. The number of rotatable bonds is 3. The Hall–Kier alpha value is -2.18. The number of anilines is 2. The standard InChI is InChI=1S/C17H20N4O2/c22-11-14-7-15(23)10-21(14)17-18-6-5-16(19-17)20-8-12-3-1-2-4-13(12)9-20/h1-6,14-15,22-23H,7-11H2. The van der Waals surface area contributed by atoms with Gasteiger partial charge >= 0.3 is 0 Å². The number of hydrogen-bond donors (Lipinski definition) is 2. The first-order valence-corrected chi connectivity index (χ1v) is 7.95. The summed E-state index contributed by atoms with van der Waals surface area (Å²) in [4.78, 5) is 13.1. The van der Waals surface area contributed by atoms with Gasteiger partial charge in [-0.15, -0.1) is 0 Å². The number of aliphatic hydroxyl groups excluding tert-OH is 2. The summed E-state index contributed by atoms with van der Waals surface area (Å²) >= 11 is 0. The van der Waals surface area contributed by atoms with Crippen LogP contribution in [0.5, 0.6) is 0 Å². The molecule has 23 heavy (non-hydrogen) atoms. The van der Waals surface area contributed by atoms with E-state index in [1.807, 2.05) is 11.0 Å². The Morgan fingerprint density at radius 1 is 1.13 bits per heavy atom. The first-order valence-electron chi connectivity index (χ1n) is 7.95. The summed E-state index contributed by atoms with van der Waals surface area (Å²) in [7, 11) is 0. The molecule has 2 aromatic rings. The minimum Gasteiger partial charge on any atom is -0.394 e. The van der Waals surface area contributed by atoms with E-state index in [9.17, 15) is 10.2 Å². The molecule has 0 aliphatic carbocycles. The first kappa shape index (κ1) is 14.4. The molecule has 4 rings (SSSR count). The van der Waals surface area contributed by atoms with Gasteiger partial charge in [-0.3, -0.25) is 0 Å². The third kappa shape index (κ3) is 2.64. The predicted molar refractivity (Wildman–Crippen MR) is 87.2 cm³/mol. The van der Waals surface area contributed by atoms with Crippen LogP contribution in [-0.2, 0) is 13.1 Å². The number of benzene rings is 1. The number of fused-ring (bicyclic) bond motifs is 1. The molecule has 2 atom stereocenters. The highest BCUT2D eigenvalue weighted by atomic mass is 16.3. The van der Waals surface area contributed by atoms with Gasteiger partial charge in [-0.05, 0) is 23.6 Å². The van der Waals surface area contributed by atoms with Crippen LogP contribution in [0.3, 0.4) is 0 Å².